The molecule has 8 rings (SSSR count). The van der Waals surface area contributed by atoms with Gasteiger partial charge in [0.05, 0.1) is 85.3 Å². The lowest BCUT2D eigenvalue weighted by atomic mass is 9.77. The third-order valence-corrected chi connectivity index (χ3v) is 12.1. The predicted molar refractivity (Wildman–Crippen MR) is 267 cm³/mol. The summed E-state index contributed by atoms with van der Waals surface area (Å²) in [4.78, 5) is 44.1. The Bertz CT molecular complexity index is 3170. The van der Waals surface area contributed by atoms with Crippen molar-refractivity contribution in [3.63, 3.8) is 0 Å². The van der Waals surface area contributed by atoms with E-state index in [0.29, 0.717) is 106 Å². The lowest BCUT2D eigenvalue weighted by Crippen LogP contribution is -2.20. The minimum absolute atomic E-state index is 0.0287. The molecule has 0 bridgehead atoms. The number of anilines is 4. The monoisotopic (exact) mass is 958 g/mol. The number of benzene rings is 8. The van der Waals surface area contributed by atoms with Crippen molar-refractivity contribution in [1.82, 2.24) is 0 Å². The number of hydrogen-bond acceptors (Lipinski definition) is 18. The highest BCUT2D eigenvalue weighted by atomic mass is 17.0. The Morgan fingerprint density at radius 3 is 1.04 bits per heavy atom. The quantitative estimate of drug-likeness (QED) is 0.0547. The molecule has 366 valence electrons. The molecule has 0 heterocycles. The molecule has 0 saturated carbocycles. The van der Waals surface area contributed by atoms with E-state index in [1.165, 1.54) is 84.9 Å². The van der Waals surface area contributed by atoms with E-state index in [4.69, 9.17) is 57.6 Å². The lowest BCUT2D eigenvalue weighted by molar-refractivity contribution is -0.0442. The zero-order valence-corrected chi connectivity index (χ0v) is 40.8. The van der Waals surface area contributed by atoms with Gasteiger partial charge < -0.3 is 29.2 Å². The number of ether oxygens (including phenoxy) is 4. The number of phenols is 2. The molecule has 0 fully saturated rings. The molecule has 0 aliphatic rings. The fourth-order valence-corrected chi connectivity index (χ4v) is 9.30. The summed E-state index contributed by atoms with van der Waals surface area (Å²) in [5.74, 6) is 1.53. The number of hydrogen-bond donors (Lipinski definition) is 2. The van der Waals surface area contributed by atoms with Gasteiger partial charge >= 0.3 is 0 Å². The third kappa shape index (κ3) is 8.21. The van der Waals surface area contributed by atoms with Gasteiger partial charge in [0, 0.05) is 16.5 Å². The first-order valence-electron chi connectivity index (χ1n) is 21.5. The first kappa shape index (κ1) is 48.9. The van der Waals surface area contributed by atoms with Crippen LogP contribution in [-0.2, 0) is 38.7 Å². The number of nitrogens with zero attached hydrogens (tertiary/aromatic N) is 4. The molecule has 0 amide bonds. The Kier molecular flexibility index (Phi) is 14.4. The molecule has 8 aromatic carbocycles. The predicted octanol–water partition coefficient (Wildman–Crippen LogP) is 10.4. The topological polar surface area (TPSA) is 164 Å². The summed E-state index contributed by atoms with van der Waals surface area (Å²) in [5.41, 5.74) is 6.62. The van der Waals surface area contributed by atoms with Gasteiger partial charge in [-0.15, -0.1) is 20.9 Å². The van der Waals surface area contributed by atoms with Crippen LogP contribution in [0.5, 0.6) is 34.5 Å². The van der Waals surface area contributed by atoms with Gasteiger partial charge in [-0.05, 0) is 121 Å². The normalized spacial score (nSPS) is 11.4. The van der Waals surface area contributed by atoms with E-state index in [1.54, 1.807) is 45.6 Å². The van der Waals surface area contributed by atoms with Crippen molar-refractivity contribution in [2.45, 2.75) is 0 Å². The lowest BCUT2D eigenvalue weighted by Gasteiger charge is -2.28. The molecule has 0 atom stereocenters. The van der Waals surface area contributed by atoms with Crippen LogP contribution in [0.1, 0.15) is 0 Å². The fraction of sp³-hybridized carbons (Fsp3) is 0.231. The maximum Gasteiger partial charge on any atom is 0.147 e. The molecule has 70 heavy (non-hydrogen) atoms. The van der Waals surface area contributed by atoms with Crippen LogP contribution in [0.15, 0.2) is 97.1 Å². The molecular weight excluding hydrogens is 905 g/mol. The van der Waals surface area contributed by atoms with Crippen LogP contribution >= 0.6 is 0 Å². The number of phenolic OH excluding ortho intramolecular Hbond substituents is 2. The zero-order chi connectivity index (χ0) is 50.0. The molecule has 0 saturated heterocycles. The van der Waals surface area contributed by atoms with E-state index in [1.807, 2.05) is 72.8 Å². The molecule has 0 aliphatic carbocycles. The van der Waals surface area contributed by atoms with Crippen LogP contribution in [0.2, 0.25) is 0 Å². The highest BCUT2D eigenvalue weighted by Crippen LogP contribution is 2.58. The minimum atomic E-state index is -0.0755. The van der Waals surface area contributed by atoms with E-state index in [2.05, 4.69) is 0 Å². The number of methoxy groups -OCH3 is 4. The molecule has 0 radical (unpaired) electrons. The Balaban J connectivity index is 1.66. The van der Waals surface area contributed by atoms with Gasteiger partial charge in [-0.1, -0.05) is 36.4 Å². The average molecular weight is 959 g/mol. The Morgan fingerprint density at radius 2 is 0.671 bits per heavy atom. The summed E-state index contributed by atoms with van der Waals surface area (Å²) < 4.78 is 24.0. The van der Waals surface area contributed by atoms with Crippen molar-refractivity contribution in [2.24, 2.45) is 0 Å². The molecule has 0 spiro atoms. The summed E-state index contributed by atoms with van der Waals surface area (Å²) in [5, 5.41) is 34.3. The Morgan fingerprint density at radius 1 is 0.314 bits per heavy atom. The summed E-state index contributed by atoms with van der Waals surface area (Å²) >= 11 is 0. The number of aromatic hydroxyl groups is 2. The Hall–Kier alpha value is -7.52. The van der Waals surface area contributed by atoms with Crippen LogP contribution in [0.3, 0.4) is 0 Å². The zero-order valence-electron chi connectivity index (χ0n) is 40.8. The minimum Gasteiger partial charge on any atom is -0.508 e. The maximum absolute atomic E-state index is 13.5. The van der Waals surface area contributed by atoms with E-state index in [0.717, 1.165) is 16.2 Å². The molecule has 18 nitrogen and oxygen atoms in total. The molecular formula is C52H54N4O14. The van der Waals surface area contributed by atoms with Gasteiger partial charge in [0.1, 0.15) is 57.2 Å². The molecule has 0 aliphatic heterocycles. The first-order valence-corrected chi connectivity index (χ1v) is 21.5. The van der Waals surface area contributed by atoms with Crippen molar-refractivity contribution in [3.05, 3.63) is 97.1 Å². The van der Waals surface area contributed by atoms with Crippen molar-refractivity contribution in [1.29, 1.82) is 0 Å². The van der Waals surface area contributed by atoms with Crippen LogP contribution < -0.4 is 39.9 Å². The van der Waals surface area contributed by atoms with E-state index in [9.17, 15) is 10.2 Å². The van der Waals surface area contributed by atoms with Crippen molar-refractivity contribution >= 4 is 55.1 Å². The van der Waals surface area contributed by atoms with Crippen LogP contribution in [-0.4, -0.2) is 95.5 Å². The van der Waals surface area contributed by atoms with E-state index in [-0.39, 0.29) is 11.5 Å². The molecule has 0 unspecified atom stereocenters. The van der Waals surface area contributed by atoms with Crippen LogP contribution in [0.4, 0.5) is 22.7 Å². The SMILES string of the molecule is COc1cc(-c2c(-c3ccc(N(OC)OC)c(OC)c3)c3c(-c4ccc(N(OC)OC)c(OC)c4)c(O)c(-c4ccc(N(OC)OC)c(OC)c4)c4ccc5cc(O)cc2c5c43)ccc1N(OC)OC. The van der Waals surface area contributed by atoms with Gasteiger partial charge in [0.15, 0.2) is 0 Å². The second-order valence-electron chi connectivity index (χ2n) is 15.3. The molecule has 18 heteroatoms. The third-order valence-electron chi connectivity index (χ3n) is 12.1. The van der Waals surface area contributed by atoms with Gasteiger partial charge in [-0.25, -0.2) is 0 Å². The average Bonchev–Trinajstić information content (AvgIpc) is 3.39. The van der Waals surface area contributed by atoms with Gasteiger partial charge in [0.2, 0.25) is 0 Å². The smallest absolute Gasteiger partial charge is 0.147 e. The van der Waals surface area contributed by atoms with Gasteiger partial charge in [-0.3, -0.25) is 38.7 Å². The summed E-state index contributed by atoms with van der Waals surface area (Å²) in [7, 11) is 18.0. The Labute approximate surface area is 404 Å². The summed E-state index contributed by atoms with van der Waals surface area (Å²) in [6.45, 7) is 0. The number of rotatable bonds is 20. The maximum atomic E-state index is 13.5. The molecule has 0 aromatic heterocycles. The van der Waals surface area contributed by atoms with Gasteiger partial charge in [-0.2, -0.15) is 0 Å². The van der Waals surface area contributed by atoms with E-state index >= 15 is 0 Å². The van der Waals surface area contributed by atoms with Gasteiger partial charge in [0.25, 0.3) is 0 Å². The van der Waals surface area contributed by atoms with Crippen molar-refractivity contribution in [2.75, 3.05) is 106 Å². The van der Waals surface area contributed by atoms with E-state index < -0.39 is 0 Å². The second kappa shape index (κ2) is 20.6. The first-order chi connectivity index (χ1) is 34.0. The second-order valence-corrected chi connectivity index (χ2v) is 15.3. The van der Waals surface area contributed by atoms with Crippen LogP contribution in [0.25, 0.3) is 76.8 Å². The largest absolute Gasteiger partial charge is 0.508 e. The fourth-order valence-electron chi connectivity index (χ4n) is 9.30. The highest BCUT2D eigenvalue weighted by molar-refractivity contribution is 6.36. The highest BCUT2D eigenvalue weighted by Gasteiger charge is 2.31. The van der Waals surface area contributed by atoms with Crippen molar-refractivity contribution < 1.29 is 67.9 Å². The molecule has 8 aromatic rings. The van der Waals surface area contributed by atoms with Crippen molar-refractivity contribution in [3.8, 4) is 79.0 Å². The summed E-state index contributed by atoms with van der Waals surface area (Å²) in [6.07, 6.45) is 0. The summed E-state index contributed by atoms with van der Waals surface area (Å²) in [6, 6.07) is 29.4. The molecule has 2 N–H and O–H groups in total. The van der Waals surface area contributed by atoms with Crippen LogP contribution in [0, 0.1) is 0 Å². The standard InChI is InChI=1S/C52H54N4O14/c1-59-41-24-30(14-19-37(41)53(63-5)64-6)45-36-28-34(57)23-29-13-18-35-47(31-15-20-38(42(25-31)60-2)54(65-7)66-8)52(58)49(33-17-22-40(44(27-33)62-4)56(69-11)70-12)51(50(35)46(29)36)48(45)32-16-21-39(43(26-32)61-3)55(67-9)68-10/h13-28,57-58H,1-12H3.